The van der Waals surface area contributed by atoms with Gasteiger partial charge in [0.05, 0.1) is 5.75 Å². The number of nitrogens with one attached hydrogen (secondary N) is 3. The lowest BCUT2D eigenvalue weighted by atomic mass is 10.3. The van der Waals surface area contributed by atoms with Gasteiger partial charge in [0.25, 0.3) is 0 Å². The smallest absolute Gasteiger partial charge is 0.224 e. The van der Waals surface area contributed by atoms with E-state index in [-0.39, 0.29) is 5.75 Å². The molecule has 0 fully saturated rings. The van der Waals surface area contributed by atoms with Crippen LogP contribution in [0.5, 0.6) is 0 Å². The summed E-state index contributed by atoms with van der Waals surface area (Å²) in [7, 11) is -3.21. The second-order valence-electron chi connectivity index (χ2n) is 4.00. The summed E-state index contributed by atoms with van der Waals surface area (Å²) < 4.78 is 25.4. The summed E-state index contributed by atoms with van der Waals surface area (Å²) in [5.41, 5.74) is 0.877. The minimum atomic E-state index is -3.21. The van der Waals surface area contributed by atoms with Gasteiger partial charge in [0.1, 0.15) is 5.82 Å². The zero-order valence-corrected chi connectivity index (χ0v) is 12.3. The van der Waals surface area contributed by atoms with Crippen LogP contribution in [0.3, 0.4) is 0 Å². The summed E-state index contributed by atoms with van der Waals surface area (Å²) in [5.74, 6) is 1.20. The Labute approximate surface area is 114 Å². The molecule has 0 aromatic carbocycles. The van der Waals surface area contributed by atoms with E-state index in [2.05, 4.69) is 25.3 Å². The van der Waals surface area contributed by atoms with Crippen molar-refractivity contribution in [3.63, 3.8) is 0 Å². The molecule has 0 bridgehead atoms. The molecule has 19 heavy (non-hydrogen) atoms. The highest BCUT2D eigenvalue weighted by Crippen LogP contribution is 2.11. The summed E-state index contributed by atoms with van der Waals surface area (Å²) in [6, 6.07) is 0. The third-order valence-corrected chi connectivity index (χ3v) is 3.80. The van der Waals surface area contributed by atoms with Crippen molar-refractivity contribution in [2.75, 3.05) is 36.0 Å². The Morgan fingerprint density at radius 3 is 2.58 bits per heavy atom. The lowest BCUT2D eigenvalue weighted by Crippen LogP contribution is -2.29. The third-order valence-electron chi connectivity index (χ3n) is 2.33. The van der Waals surface area contributed by atoms with E-state index >= 15 is 0 Å². The number of aryl methyl sites for hydroxylation is 1. The molecule has 0 aliphatic heterocycles. The van der Waals surface area contributed by atoms with Gasteiger partial charge in [-0.15, -0.1) is 0 Å². The quantitative estimate of drug-likeness (QED) is 0.647. The molecule has 0 saturated carbocycles. The molecule has 0 unspecified atom stereocenters. The molecule has 108 valence electrons. The zero-order valence-electron chi connectivity index (χ0n) is 11.5. The monoisotopic (exact) mass is 287 g/mol. The van der Waals surface area contributed by atoms with Crippen molar-refractivity contribution in [1.29, 1.82) is 0 Å². The van der Waals surface area contributed by atoms with Crippen LogP contribution in [0.25, 0.3) is 0 Å². The van der Waals surface area contributed by atoms with Crippen LogP contribution < -0.4 is 15.4 Å². The topological polar surface area (TPSA) is 96.0 Å². The summed E-state index contributed by atoms with van der Waals surface area (Å²) in [6.45, 7) is 7.02. The number of hydrogen-bond donors (Lipinski definition) is 3. The highest BCUT2D eigenvalue weighted by atomic mass is 32.2. The highest BCUT2D eigenvalue weighted by Gasteiger charge is 2.09. The van der Waals surface area contributed by atoms with E-state index in [9.17, 15) is 8.42 Å². The molecular weight excluding hydrogens is 266 g/mol. The third kappa shape index (κ3) is 5.39. The van der Waals surface area contributed by atoms with Crippen LogP contribution in [0.15, 0.2) is 6.20 Å². The maximum Gasteiger partial charge on any atom is 0.224 e. The molecule has 7 nitrogen and oxygen atoms in total. The molecule has 0 aliphatic rings. The predicted octanol–water partition coefficient (Wildman–Crippen LogP) is 0.568. The highest BCUT2D eigenvalue weighted by molar-refractivity contribution is 7.89. The van der Waals surface area contributed by atoms with Gasteiger partial charge >= 0.3 is 0 Å². The molecule has 1 aromatic rings. The number of anilines is 2. The predicted molar refractivity (Wildman–Crippen MR) is 76.9 cm³/mol. The van der Waals surface area contributed by atoms with Gasteiger partial charge in [-0.05, 0) is 13.8 Å². The SMILES string of the molecule is CCNc1ncc(C)c(NCCS(=O)(=O)NCC)n1. The van der Waals surface area contributed by atoms with E-state index in [1.165, 1.54) is 0 Å². The number of sulfonamides is 1. The van der Waals surface area contributed by atoms with Crippen molar-refractivity contribution in [1.82, 2.24) is 14.7 Å². The van der Waals surface area contributed by atoms with Crippen LogP contribution in [0.1, 0.15) is 19.4 Å². The maximum absolute atomic E-state index is 11.5. The Balaban J connectivity index is 2.60. The zero-order chi connectivity index (χ0) is 14.3. The molecule has 1 aromatic heterocycles. The Morgan fingerprint density at radius 1 is 1.21 bits per heavy atom. The first-order valence-corrected chi connectivity index (χ1v) is 7.92. The molecule has 1 rings (SSSR count). The van der Waals surface area contributed by atoms with Crippen molar-refractivity contribution >= 4 is 21.8 Å². The molecule has 0 aliphatic carbocycles. The number of nitrogens with zero attached hydrogens (tertiary/aromatic N) is 2. The normalized spacial score (nSPS) is 11.3. The molecule has 0 saturated heterocycles. The van der Waals surface area contributed by atoms with Crippen LogP contribution in [0, 0.1) is 6.92 Å². The molecule has 3 N–H and O–H groups in total. The standard InChI is InChI=1S/C11H21N5O2S/c1-4-12-11-14-8-9(3)10(16-11)13-6-7-19(17,18)15-5-2/h8,15H,4-7H2,1-3H3,(H2,12,13,14,16). The van der Waals surface area contributed by atoms with Crippen molar-refractivity contribution < 1.29 is 8.42 Å². The molecule has 0 amide bonds. The van der Waals surface area contributed by atoms with Gasteiger partial charge in [0, 0.05) is 31.4 Å². The second-order valence-corrected chi connectivity index (χ2v) is 5.93. The summed E-state index contributed by atoms with van der Waals surface area (Å²) >= 11 is 0. The minimum Gasteiger partial charge on any atom is -0.369 e. The minimum absolute atomic E-state index is 0.0147. The molecule has 0 atom stereocenters. The second kappa shape index (κ2) is 7.25. The van der Waals surface area contributed by atoms with Crippen molar-refractivity contribution in [3.05, 3.63) is 11.8 Å². The Morgan fingerprint density at radius 2 is 1.95 bits per heavy atom. The summed E-state index contributed by atoms with van der Waals surface area (Å²) in [4.78, 5) is 8.40. The lowest BCUT2D eigenvalue weighted by molar-refractivity contribution is 0.584. The lowest BCUT2D eigenvalue weighted by Gasteiger charge is -2.10. The van der Waals surface area contributed by atoms with Gasteiger partial charge in [-0.2, -0.15) is 4.98 Å². The van der Waals surface area contributed by atoms with Crippen molar-refractivity contribution in [3.8, 4) is 0 Å². The largest absolute Gasteiger partial charge is 0.369 e. The van der Waals surface area contributed by atoms with Gasteiger partial charge in [-0.1, -0.05) is 6.92 Å². The average molecular weight is 287 g/mol. The first-order valence-electron chi connectivity index (χ1n) is 6.27. The Bertz CT molecular complexity index is 504. The van der Waals surface area contributed by atoms with Crippen LogP contribution in [0.2, 0.25) is 0 Å². The van der Waals surface area contributed by atoms with E-state index < -0.39 is 10.0 Å². The number of hydrogen-bond acceptors (Lipinski definition) is 6. The van der Waals surface area contributed by atoms with Gasteiger partial charge in [-0.3, -0.25) is 0 Å². The van der Waals surface area contributed by atoms with Crippen LogP contribution in [-0.4, -0.2) is 43.8 Å². The maximum atomic E-state index is 11.5. The Kier molecular flexibility index (Phi) is 5.97. The van der Waals surface area contributed by atoms with Crippen LogP contribution >= 0.6 is 0 Å². The number of rotatable bonds is 8. The van der Waals surface area contributed by atoms with E-state index in [4.69, 9.17) is 0 Å². The van der Waals surface area contributed by atoms with E-state index in [1.54, 1.807) is 13.1 Å². The first-order chi connectivity index (χ1) is 8.98. The van der Waals surface area contributed by atoms with Crippen LogP contribution in [0.4, 0.5) is 11.8 Å². The summed E-state index contributed by atoms with van der Waals surface area (Å²) in [5, 5.41) is 6.03. The number of aromatic nitrogens is 2. The molecular formula is C11H21N5O2S. The fourth-order valence-corrected chi connectivity index (χ4v) is 2.42. The van der Waals surface area contributed by atoms with E-state index in [1.807, 2.05) is 13.8 Å². The Hall–Kier alpha value is -1.41. The van der Waals surface area contributed by atoms with E-state index in [0.29, 0.717) is 24.9 Å². The first kappa shape index (κ1) is 15.6. The van der Waals surface area contributed by atoms with Gasteiger partial charge in [0.2, 0.25) is 16.0 Å². The fraction of sp³-hybridized carbons (Fsp3) is 0.636. The summed E-state index contributed by atoms with van der Waals surface area (Å²) in [6.07, 6.45) is 1.70. The van der Waals surface area contributed by atoms with Gasteiger partial charge in [-0.25, -0.2) is 18.1 Å². The fourth-order valence-electron chi connectivity index (χ4n) is 1.46. The van der Waals surface area contributed by atoms with Gasteiger partial charge in [0.15, 0.2) is 0 Å². The molecule has 1 heterocycles. The van der Waals surface area contributed by atoms with Crippen molar-refractivity contribution in [2.45, 2.75) is 20.8 Å². The van der Waals surface area contributed by atoms with Crippen LogP contribution in [-0.2, 0) is 10.0 Å². The van der Waals surface area contributed by atoms with Gasteiger partial charge < -0.3 is 10.6 Å². The van der Waals surface area contributed by atoms with Crippen molar-refractivity contribution in [2.24, 2.45) is 0 Å². The average Bonchev–Trinajstić information content (AvgIpc) is 2.33. The van der Waals surface area contributed by atoms with E-state index in [0.717, 1.165) is 12.1 Å². The molecule has 0 radical (unpaired) electrons. The molecule has 0 spiro atoms. The molecule has 8 heteroatoms.